The average Bonchev–Trinajstić information content (AvgIpc) is 2.67. The maximum absolute atomic E-state index is 12.0. The standard InChI is InChI=1S/C20H25N3O3/c1-15-3-9-18(10-4-15)26-14-19(24)22-11-2-12-23-20(25)17-7-5-16(13-21)6-8-17/h3-10H,2,11-14,21H2,1H3,(H,22,24)(H,23,25). The molecule has 0 atom stereocenters. The smallest absolute Gasteiger partial charge is 0.257 e. The number of carbonyl (C=O) groups excluding carboxylic acids is 2. The van der Waals surface area contributed by atoms with Gasteiger partial charge in [0, 0.05) is 25.2 Å². The van der Waals surface area contributed by atoms with E-state index in [1.165, 1.54) is 0 Å². The van der Waals surface area contributed by atoms with Crippen LogP contribution in [0, 0.1) is 6.92 Å². The lowest BCUT2D eigenvalue weighted by Crippen LogP contribution is -2.32. The van der Waals surface area contributed by atoms with Crippen LogP contribution >= 0.6 is 0 Å². The van der Waals surface area contributed by atoms with Crippen LogP contribution in [0.5, 0.6) is 5.75 Å². The van der Waals surface area contributed by atoms with Crippen LogP contribution in [0.1, 0.15) is 27.9 Å². The second kappa shape index (κ2) is 10.2. The van der Waals surface area contributed by atoms with Crippen LogP contribution in [0.4, 0.5) is 0 Å². The molecule has 0 radical (unpaired) electrons. The van der Waals surface area contributed by atoms with Gasteiger partial charge in [0.05, 0.1) is 0 Å². The molecule has 0 saturated heterocycles. The molecule has 2 amide bonds. The van der Waals surface area contributed by atoms with Gasteiger partial charge in [0.1, 0.15) is 5.75 Å². The predicted molar refractivity (Wildman–Crippen MR) is 101 cm³/mol. The summed E-state index contributed by atoms with van der Waals surface area (Å²) in [4.78, 5) is 23.7. The number of hydrogen-bond acceptors (Lipinski definition) is 4. The van der Waals surface area contributed by atoms with Crippen LogP contribution in [0.15, 0.2) is 48.5 Å². The zero-order chi connectivity index (χ0) is 18.8. The lowest BCUT2D eigenvalue weighted by Gasteiger charge is -2.09. The maximum Gasteiger partial charge on any atom is 0.257 e. The Hall–Kier alpha value is -2.86. The van der Waals surface area contributed by atoms with Crippen molar-refractivity contribution < 1.29 is 14.3 Å². The lowest BCUT2D eigenvalue weighted by atomic mass is 10.1. The summed E-state index contributed by atoms with van der Waals surface area (Å²) in [6.07, 6.45) is 0.642. The van der Waals surface area contributed by atoms with Crippen LogP contribution < -0.4 is 21.1 Å². The topological polar surface area (TPSA) is 93.5 Å². The molecule has 0 heterocycles. The molecule has 2 aromatic carbocycles. The minimum absolute atomic E-state index is 0.0249. The molecular weight excluding hydrogens is 330 g/mol. The van der Waals surface area contributed by atoms with Gasteiger partial charge in [-0.25, -0.2) is 0 Å². The van der Waals surface area contributed by atoms with Crippen molar-refractivity contribution in [3.63, 3.8) is 0 Å². The van der Waals surface area contributed by atoms with Gasteiger partial charge < -0.3 is 21.1 Å². The molecular formula is C20H25N3O3. The summed E-state index contributed by atoms with van der Waals surface area (Å²) in [6.45, 7) is 3.38. The zero-order valence-corrected chi connectivity index (χ0v) is 15.0. The van der Waals surface area contributed by atoms with Crippen LogP contribution in [-0.4, -0.2) is 31.5 Å². The largest absolute Gasteiger partial charge is 0.484 e. The third kappa shape index (κ3) is 6.57. The molecule has 4 N–H and O–H groups in total. The molecule has 26 heavy (non-hydrogen) atoms. The van der Waals surface area contributed by atoms with Gasteiger partial charge >= 0.3 is 0 Å². The summed E-state index contributed by atoms with van der Waals surface area (Å²) in [5.74, 6) is 0.343. The Labute approximate surface area is 153 Å². The molecule has 0 saturated carbocycles. The summed E-state index contributed by atoms with van der Waals surface area (Å²) in [7, 11) is 0. The molecule has 0 aliphatic carbocycles. The Morgan fingerprint density at radius 2 is 1.62 bits per heavy atom. The van der Waals surface area contributed by atoms with Gasteiger partial charge in [-0.05, 0) is 43.2 Å². The number of rotatable bonds is 9. The van der Waals surface area contributed by atoms with Gasteiger partial charge in [-0.2, -0.15) is 0 Å². The number of aryl methyl sites for hydroxylation is 1. The van der Waals surface area contributed by atoms with Crippen molar-refractivity contribution in [2.45, 2.75) is 19.9 Å². The van der Waals surface area contributed by atoms with E-state index in [-0.39, 0.29) is 18.4 Å². The van der Waals surface area contributed by atoms with Gasteiger partial charge in [0.15, 0.2) is 6.61 Å². The summed E-state index contributed by atoms with van der Waals surface area (Å²) in [6, 6.07) is 14.7. The van der Waals surface area contributed by atoms with Crippen LogP contribution in [0.25, 0.3) is 0 Å². The van der Waals surface area contributed by atoms with Crippen LogP contribution in [-0.2, 0) is 11.3 Å². The monoisotopic (exact) mass is 355 g/mol. The van der Waals surface area contributed by atoms with Gasteiger partial charge in [-0.3, -0.25) is 9.59 Å². The van der Waals surface area contributed by atoms with E-state index in [1.54, 1.807) is 12.1 Å². The molecule has 0 aliphatic heterocycles. The molecule has 0 aromatic heterocycles. The van der Waals surface area contributed by atoms with Gasteiger partial charge in [0.25, 0.3) is 11.8 Å². The first-order valence-corrected chi connectivity index (χ1v) is 8.62. The SMILES string of the molecule is Cc1ccc(OCC(=O)NCCCNC(=O)c2ccc(CN)cc2)cc1. The molecule has 138 valence electrons. The summed E-state index contributed by atoms with van der Waals surface area (Å²) >= 11 is 0. The molecule has 2 rings (SSSR count). The van der Waals surface area contributed by atoms with Crippen molar-refractivity contribution in [2.24, 2.45) is 5.73 Å². The summed E-state index contributed by atoms with van der Waals surface area (Å²) < 4.78 is 5.40. The van der Waals surface area contributed by atoms with E-state index in [0.29, 0.717) is 37.4 Å². The van der Waals surface area contributed by atoms with E-state index >= 15 is 0 Å². The van der Waals surface area contributed by atoms with Crippen molar-refractivity contribution in [1.29, 1.82) is 0 Å². The number of hydrogen-bond donors (Lipinski definition) is 3. The van der Waals surface area contributed by atoms with E-state index in [2.05, 4.69) is 10.6 Å². The zero-order valence-electron chi connectivity index (χ0n) is 15.0. The Bertz CT molecular complexity index is 712. The number of nitrogens with two attached hydrogens (primary N) is 1. The highest BCUT2D eigenvalue weighted by atomic mass is 16.5. The van der Waals surface area contributed by atoms with Crippen molar-refractivity contribution in [2.75, 3.05) is 19.7 Å². The van der Waals surface area contributed by atoms with Gasteiger partial charge in [-0.1, -0.05) is 29.8 Å². The number of benzene rings is 2. The Kier molecular flexibility index (Phi) is 7.64. The predicted octanol–water partition coefficient (Wildman–Crippen LogP) is 1.77. The van der Waals surface area contributed by atoms with E-state index in [4.69, 9.17) is 10.5 Å². The highest BCUT2D eigenvalue weighted by Crippen LogP contribution is 2.10. The normalized spacial score (nSPS) is 10.2. The van der Waals surface area contributed by atoms with Crippen LogP contribution in [0.3, 0.4) is 0 Å². The van der Waals surface area contributed by atoms with E-state index < -0.39 is 0 Å². The second-order valence-corrected chi connectivity index (χ2v) is 5.96. The Morgan fingerprint density at radius 1 is 0.962 bits per heavy atom. The number of amides is 2. The summed E-state index contributed by atoms with van der Waals surface area (Å²) in [5.41, 5.74) is 8.25. The van der Waals surface area contributed by atoms with Crippen molar-refractivity contribution in [1.82, 2.24) is 10.6 Å². The highest BCUT2D eigenvalue weighted by molar-refractivity contribution is 5.94. The Balaban J connectivity index is 1.58. The van der Waals surface area contributed by atoms with Crippen molar-refractivity contribution in [3.8, 4) is 5.75 Å². The Morgan fingerprint density at radius 3 is 2.27 bits per heavy atom. The average molecular weight is 355 g/mol. The number of ether oxygens (including phenoxy) is 1. The van der Waals surface area contributed by atoms with E-state index in [1.807, 2.05) is 43.3 Å². The lowest BCUT2D eigenvalue weighted by molar-refractivity contribution is -0.123. The van der Waals surface area contributed by atoms with Gasteiger partial charge in [0.2, 0.25) is 0 Å². The fourth-order valence-corrected chi connectivity index (χ4v) is 2.25. The van der Waals surface area contributed by atoms with Gasteiger partial charge in [-0.15, -0.1) is 0 Å². The molecule has 0 aliphatic rings. The molecule has 6 nitrogen and oxygen atoms in total. The molecule has 2 aromatic rings. The van der Waals surface area contributed by atoms with Crippen molar-refractivity contribution >= 4 is 11.8 Å². The number of carbonyl (C=O) groups is 2. The maximum atomic E-state index is 12.0. The first-order chi connectivity index (χ1) is 12.6. The molecule has 0 fully saturated rings. The van der Waals surface area contributed by atoms with Crippen LogP contribution in [0.2, 0.25) is 0 Å². The van der Waals surface area contributed by atoms with E-state index in [0.717, 1.165) is 11.1 Å². The minimum Gasteiger partial charge on any atom is -0.484 e. The first kappa shape index (κ1) is 19.5. The number of nitrogens with one attached hydrogen (secondary N) is 2. The summed E-state index contributed by atoms with van der Waals surface area (Å²) in [5, 5.41) is 5.58. The fourth-order valence-electron chi connectivity index (χ4n) is 2.25. The third-order valence-electron chi connectivity index (χ3n) is 3.80. The third-order valence-corrected chi connectivity index (χ3v) is 3.80. The molecule has 0 unspecified atom stereocenters. The minimum atomic E-state index is -0.186. The van der Waals surface area contributed by atoms with Crippen molar-refractivity contribution in [3.05, 3.63) is 65.2 Å². The molecule has 0 spiro atoms. The quantitative estimate of drug-likeness (QED) is 0.598. The second-order valence-electron chi connectivity index (χ2n) is 5.96. The molecule has 6 heteroatoms. The van der Waals surface area contributed by atoms with E-state index in [9.17, 15) is 9.59 Å². The first-order valence-electron chi connectivity index (χ1n) is 8.62. The highest BCUT2D eigenvalue weighted by Gasteiger charge is 2.05. The molecule has 0 bridgehead atoms. The fraction of sp³-hybridized carbons (Fsp3) is 0.300.